The van der Waals surface area contributed by atoms with Crippen LogP contribution < -0.4 is 4.90 Å². The zero-order valence-electron chi connectivity index (χ0n) is 22.9. The third kappa shape index (κ3) is 6.44. The van der Waals surface area contributed by atoms with Gasteiger partial charge in [0.1, 0.15) is 0 Å². The number of nitrogens with zero attached hydrogens (tertiary/aromatic N) is 6. The molecular weight excluding hydrogens is 569 g/mol. The van der Waals surface area contributed by atoms with Crippen molar-refractivity contribution >= 4 is 28.5 Å². The highest BCUT2D eigenvalue weighted by Crippen LogP contribution is 2.44. The Morgan fingerprint density at radius 1 is 1.00 bits per heavy atom. The van der Waals surface area contributed by atoms with Gasteiger partial charge in [0.25, 0.3) is 5.69 Å². The van der Waals surface area contributed by atoms with Crippen molar-refractivity contribution in [1.29, 1.82) is 0 Å². The Morgan fingerprint density at radius 3 is 2.28 bits per heavy atom. The van der Waals surface area contributed by atoms with Gasteiger partial charge in [0.05, 0.1) is 10.4 Å². The van der Waals surface area contributed by atoms with Gasteiger partial charge in [0.2, 0.25) is 11.5 Å². The van der Waals surface area contributed by atoms with E-state index >= 15 is 0 Å². The maximum atomic E-state index is 14.7. The van der Waals surface area contributed by atoms with Crippen molar-refractivity contribution in [3.63, 3.8) is 0 Å². The van der Waals surface area contributed by atoms with E-state index in [9.17, 15) is 33.2 Å². The molecule has 2 N–H and O–H groups in total. The molecule has 1 saturated heterocycles. The summed E-state index contributed by atoms with van der Waals surface area (Å²) >= 11 is 0. The van der Waals surface area contributed by atoms with Gasteiger partial charge in [-0.05, 0) is 23.6 Å². The molecular formula is C29H29F3N6O5. The smallest absolute Gasteiger partial charge is 0.422 e. The number of β-amino-alcohol motifs (C(OH)–C–C–N with tert-alkyl or cyclic N) is 1. The molecule has 5 rings (SSSR count). The van der Waals surface area contributed by atoms with E-state index in [1.807, 2.05) is 4.90 Å². The molecule has 0 bridgehead atoms. The number of halogens is 3. The first-order valence-corrected chi connectivity index (χ1v) is 13.6. The second kappa shape index (κ2) is 12.0. The largest absolute Gasteiger partial charge is 0.481 e. The Labute approximate surface area is 244 Å². The highest BCUT2D eigenvalue weighted by atomic mass is 19.4. The second-order valence-corrected chi connectivity index (χ2v) is 10.5. The van der Waals surface area contributed by atoms with Crippen LogP contribution in [-0.2, 0) is 23.4 Å². The van der Waals surface area contributed by atoms with Crippen molar-refractivity contribution < 1.29 is 33.1 Å². The number of rotatable bonds is 10. The average Bonchev–Trinajstić information content (AvgIpc) is 3.34. The number of aryl methyl sites for hydroxylation is 1. The average molecular weight is 599 g/mol. The van der Waals surface area contributed by atoms with Gasteiger partial charge in [-0.3, -0.25) is 19.8 Å². The van der Waals surface area contributed by atoms with Gasteiger partial charge in [0, 0.05) is 87.4 Å². The number of aliphatic hydroxyl groups is 1. The van der Waals surface area contributed by atoms with Crippen molar-refractivity contribution in [3.05, 3.63) is 93.9 Å². The predicted molar refractivity (Wildman–Crippen MR) is 151 cm³/mol. The summed E-state index contributed by atoms with van der Waals surface area (Å²) < 4.78 is 45.7. The number of carbonyl (C=O) groups is 1. The number of alkyl halides is 3. The number of nitro groups is 1. The lowest BCUT2D eigenvalue weighted by Gasteiger charge is -2.40. The number of aliphatic carboxylic acids is 1. The van der Waals surface area contributed by atoms with Gasteiger partial charge in [-0.1, -0.05) is 30.3 Å². The number of anilines is 1. The maximum Gasteiger partial charge on any atom is 0.422 e. The number of aromatic nitrogens is 3. The number of fused-ring (bicyclic) bond motifs is 1. The van der Waals surface area contributed by atoms with Crippen molar-refractivity contribution in [2.24, 2.45) is 0 Å². The molecule has 0 saturated carbocycles. The monoisotopic (exact) mass is 598 g/mol. The summed E-state index contributed by atoms with van der Waals surface area (Å²) in [5.74, 6) is -0.545. The Balaban J connectivity index is 1.39. The fourth-order valence-corrected chi connectivity index (χ4v) is 5.28. The topological polar surface area (TPSA) is 138 Å². The fourth-order valence-electron chi connectivity index (χ4n) is 5.28. The van der Waals surface area contributed by atoms with E-state index < -0.39 is 29.2 Å². The number of carboxylic acid groups (broad SMARTS) is 1. The van der Waals surface area contributed by atoms with E-state index in [2.05, 4.69) is 9.97 Å². The molecule has 3 heterocycles. The quantitative estimate of drug-likeness (QED) is 0.205. The summed E-state index contributed by atoms with van der Waals surface area (Å²) in [4.78, 5) is 33.5. The highest BCUT2D eigenvalue weighted by Gasteiger charge is 2.57. The van der Waals surface area contributed by atoms with Crippen LogP contribution in [0.25, 0.3) is 10.9 Å². The summed E-state index contributed by atoms with van der Waals surface area (Å²) in [7, 11) is 0. The van der Waals surface area contributed by atoms with Crippen LogP contribution in [0.5, 0.6) is 0 Å². The molecule has 14 heteroatoms. The molecule has 0 radical (unpaired) electrons. The SMILES string of the molecule is O=C(O)CCc1cnc(N2CCN(CC(O)(c3cn(Cc4ccccc4)c4cc([N+](=O)[O-])ccc34)C(F)(F)F)CC2)nc1. The van der Waals surface area contributed by atoms with Gasteiger partial charge in [-0.15, -0.1) is 0 Å². The molecule has 43 heavy (non-hydrogen) atoms. The summed E-state index contributed by atoms with van der Waals surface area (Å²) in [6, 6.07) is 12.6. The van der Waals surface area contributed by atoms with Crippen LogP contribution in [0.2, 0.25) is 0 Å². The van der Waals surface area contributed by atoms with Crippen LogP contribution >= 0.6 is 0 Å². The van der Waals surface area contributed by atoms with E-state index in [-0.39, 0.29) is 54.6 Å². The summed E-state index contributed by atoms with van der Waals surface area (Å²) in [5, 5.41) is 31.8. The van der Waals surface area contributed by atoms with E-state index in [0.29, 0.717) is 24.6 Å². The van der Waals surface area contributed by atoms with Crippen LogP contribution in [0.15, 0.2) is 67.1 Å². The minimum atomic E-state index is -5.05. The van der Waals surface area contributed by atoms with Crippen molar-refractivity contribution in [3.8, 4) is 0 Å². The lowest BCUT2D eigenvalue weighted by atomic mass is 9.91. The molecule has 1 aliphatic heterocycles. The summed E-state index contributed by atoms with van der Waals surface area (Å²) in [6.07, 6.45) is -0.497. The number of hydrogen-bond donors (Lipinski definition) is 2. The lowest BCUT2D eigenvalue weighted by Crippen LogP contribution is -2.56. The number of benzene rings is 2. The molecule has 1 aliphatic rings. The van der Waals surface area contributed by atoms with Gasteiger partial charge < -0.3 is 19.7 Å². The third-order valence-corrected chi connectivity index (χ3v) is 7.61. The first kappa shape index (κ1) is 29.9. The van der Waals surface area contributed by atoms with Crippen molar-refractivity contribution in [2.75, 3.05) is 37.6 Å². The van der Waals surface area contributed by atoms with Gasteiger partial charge in [-0.25, -0.2) is 9.97 Å². The number of piperazine rings is 1. The molecule has 226 valence electrons. The van der Waals surface area contributed by atoms with Gasteiger partial charge in [-0.2, -0.15) is 13.2 Å². The molecule has 1 fully saturated rings. The Morgan fingerprint density at radius 2 is 1.67 bits per heavy atom. The first-order chi connectivity index (χ1) is 20.4. The summed E-state index contributed by atoms with van der Waals surface area (Å²) in [5.41, 5.74) is -2.24. The molecule has 1 unspecified atom stereocenters. The zero-order valence-corrected chi connectivity index (χ0v) is 22.9. The molecule has 4 aromatic rings. The Bertz CT molecular complexity index is 1600. The van der Waals surface area contributed by atoms with Crippen molar-refractivity contribution in [1.82, 2.24) is 19.4 Å². The van der Waals surface area contributed by atoms with E-state index in [0.717, 1.165) is 11.6 Å². The molecule has 0 aliphatic carbocycles. The molecule has 2 aromatic heterocycles. The second-order valence-electron chi connectivity index (χ2n) is 10.5. The zero-order chi connectivity index (χ0) is 30.8. The minimum absolute atomic E-state index is 0.0503. The van der Waals surface area contributed by atoms with Crippen LogP contribution in [0.3, 0.4) is 0 Å². The molecule has 1 atom stereocenters. The first-order valence-electron chi connectivity index (χ1n) is 13.6. The number of carboxylic acids is 1. The van der Waals surface area contributed by atoms with Crippen LogP contribution in [0, 0.1) is 10.1 Å². The van der Waals surface area contributed by atoms with E-state index in [4.69, 9.17) is 5.11 Å². The molecule has 2 aromatic carbocycles. The van der Waals surface area contributed by atoms with E-state index in [1.54, 1.807) is 30.3 Å². The molecule has 0 spiro atoms. The van der Waals surface area contributed by atoms with Crippen LogP contribution in [0.1, 0.15) is 23.1 Å². The Kier molecular flexibility index (Phi) is 8.33. The molecule has 0 amide bonds. The third-order valence-electron chi connectivity index (χ3n) is 7.61. The normalized spacial score (nSPS) is 15.9. The van der Waals surface area contributed by atoms with Gasteiger partial charge >= 0.3 is 12.1 Å². The van der Waals surface area contributed by atoms with E-state index in [1.165, 1.54) is 40.2 Å². The predicted octanol–water partition coefficient (Wildman–Crippen LogP) is 3.98. The number of nitro benzene ring substituents is 1. The van der Waals surface area contributed by atoms with Crippen LogP contribution in [0.4, 0.5) is 24.8 Å². The van der Waals surface area contributed by atoms with Crippen LogP contribution in [-0.4, -0.2) is 79.4 Å². The number of hydrogen-bond acceptors (Lipinski definition) is 8. The standard InChI is InChI=1S/C29H29F3N6O5/c30-29(31,32)28(41,19-35-10-12-36(13-11-35)27-33-15-21(16-34-27)6-9-26(39)40)24-18-37(17-20-4-2-1-3-5-20)25-14-22(38(42)43)7-8-23(24)25/h1-5,7-8,14-16,18,41H,6,9-13,17,19H2,(H,39,40). The minimum Gasteiger partial charge on any atom is -0.481 e. The number of non-ortho nitro benzene ring substituents is 1. The summed E-state index contributed by atoms with van der Waals surface area (Å²) in [6.45, 7) is 0.420. The fraction of sp³-hybridized carbons (Fsp3) is 0.345. The Hall–Kier alpha value is -4.56. The maximum absolute atomic E-state index is 14.7. The van der Waals surface area contributed by atoms with Gasteiger partial charge in [0.15, 0.2) is 0 Å². The lowest BCUT2D eigenvalue weighted by molar-refractivity contribution is -0.384. The van der Waals surface area contributed by atoms with Crippen molar-refractivity contribution in [2.45, 2.75) is 31.2 Å². The highest BCUT2D eigenvalue weighted by molar-refractivity contribution is 5.87. The molecule has 11 nitrogen and oxygen atoms in total.